The summed E-state index contributed by atoms with van der Waals surface area (Å²) in [5.74, 6) is 0.551. The van der Waals surface area contributed by atoms with Crippen molar-refractivity contribution in [3.05, 3.63) is 63.5 Å². The van der Waals surface area contributed by atoms with Gasteiger partial charge in [-0.25, -0.2) is 4.98 Å². The lowest BCUT2D eigenvalue weighted by Crippen LogP contribution is -2.04. The maximum atomic E-state index is 12.6. The average Bonchev–Trinajstić information content (AvgIpc) is 2.84. The molecule has 0 saturated heterocycles. The van der Waals surface area contributed by atoms with Crippen LogP contribution in [-0.4, -0.2) is 4.98 Å². The lowest BCUT2D eigenvalue weighted by atomic mass is 10.0. The van der Waals surface area contributed by atoms with Gasteiger partial charge in [-0.1, -0.05) is 18.2 Å². The Morgan fingerprint density at radius 2 is 1.77 bits per heavy atom. The molecule has 0 N–H and O–H groups in total. The van der Waals surface area contributed by atoms with Gasteiger partial charge in [-0.3, -0.25) is 0 Å². The van der Waals surface area contributed by atoms with Crippen molar-refractivity contribution >= 4 is 27.0 Å². The number of halogens is 4. The number of alkyl halides is 3. The van der Waals surface area contributed by atoms with Crippen molar-refractivity contribution in [3.63, 3.8) is 0 Å². The van der Waals surface area contributed by atoms with Crippen molar-refractivity contribution in [3.8, 4) is 0 Å². The molecule has 114 valence electrons. The summed E-state index contributed by atoms with van der Waals surface area (Å²) < 4.78 is 44.1. The van der Waals surface area contributed by atoms with E-state index in [0.29, 0.717) is 17.9 Å². The smallest absolute Gasteiger partial charge is 0.416 e. The lowest BCUT2D eigenvalue weighted by molar-refractivity contribution is -0.137. The zero-order valence-corrected chi connectivity index (χ0v) is 13.1. The molecular weight excluding hydrogens is 359 g/mol. The van der Waals surface area contributed by atoms with Crippen molar-refractivity contribution in [2.45, 2.75) is 19.5 Å². The van der Waals surface area contributed by atoms with E-state index in [2.05, 4.69) is 20.9 Å². The van der Waals surface area contributed by atoms with Gasteiger partial charge in [0.2, 0.25) is 0 Å². The second-order valence-corrected chi connectivity index (χ2v) is 5.84. The molecule has 0 aliphatic carbocycles. The van der Waals surface area contributed by atoms with Gasteiger partial charge in [-0.05, 0) is 51.7 Å². The van der Waals surface area contributed by atoms with Crippen LogP contribution in [0.2, 0.25) is 0 Å². The van der Waals surface area contributed by atoms with E-state index in [4.69, 9.17) is 4.42 Å². The molecule has 0 aliphatic heterocycles. The van der Waals surface area contributed by atoms with Gasteiger partial charge in [0.1, 0.15) is 5.52 Å². The lowest BCUT2D eigenvalue weighted by Gasteiger charge is -2.08. The van der Waals surface area contributed by atoms with Gasteiger partial charge < -0.3 is 4.42 Å². The molecule has 0 radical (unpaired) electrons. The third-order valence-electron chi connectivity index (χ3n) is 3.36. The molecular formula is C16H11BrF3NO. The van der Waals surface area contributed by atoms with E-state index in [0.717, 1.165) is 33.2 Å². The number of aromatic nitrogens is 1. The van der Waals surface area contributed by atoms with Crippen molar-refractivity contribution in [2.75, 3.05) is 0 Å². The number of nitrogens with zero attached hydrogens (tertiary/aromatic N) is 1. The van der Waals surface area contributed by atoms with Crippen LogP contribution in [0.1, 0.15) is 22.6 Å². The number of hydrogen-bond acceptors (Lipinski definition) is 2. The third-order valence-corrected chi connectivity index (χ3v) is 3.99. The minimum Gasteiger partial charge on any atom is -0.440 e. The van der Waals surface area contributed by atoms with Crippen LogP contribution in [0.3, 0.4) is 0 Å². The molecule has 0 atom stereocenters. The van der Waals surface area contributed by atoms with Gasteiger partial charge in [0.15, 0.2) is 11.5 Å². The van der Waals surface area contributed by atoms with Gasteiger partial charge in [0, 0.05) is 6.92 Å². The molecule has 0 spiro atoms. The molecule has 0 amide bonds. The molecule has 2 aromatic carbocycles. The standard InChI is InChI=1S/C16H11BrF3NO/c1-9-21-14-11(4-7-13(17)15(14)22-9)8-10-2-5-12(6-3-10)16(18,19)20/h2-7H,8H2,1H3. The summed E-state index contributed by atoms with van der Waals surface area (Å²) in [5.41, 5.74) is 2.44. The fraction of sp³-hybridized carbons (Fsp3) is 0.188. The number of rotatable bonds is 2. The number of oxazole rings is 1. The van der Waals surface area contributed by atoms with Crippen molar-refractivity contribution in [2.24, 2.45) is 0 Å². The van der Waals surface area contributed by atoms with Crippen LogP contribution in [-0.2, 0) is 12.6 Å². The van der Waals surface area contributed by atoms with Gasteiger partial charge in [0.05, 0.1) is 10.0 Å². The summed E-state index contributed by atoms with van der Waals surface area (Å²) in [5, 5.41) is 0. The van der Waals surface area contributed by atoms with Crippen molar-refractivity contribution in [1.82, 2.24) is 4.98 Å². The second-order valence-electron chi connectivity index (χ2n) is 4.99. The molecule has 22 heavy (non-hydrogen) atoms. The third kappa shape index (κ3) is 2.88. The first kappa shape index (κ1) is 15.1. The highest BCUT2D eigenvalue weighted by Gasteiger charge is 2.29. The Morgan fingerprint density at radius 3 is 2.41 bits per heavy atom. The van der Waals surface area contributed by atoms with Crippen LogP contribution in [0.4, 0.5) is 13.2 Å². The van der Waals surface area contributed by atoms with Crippen molar-refractivity contribution in [1.29, 1.82) is 0 Å². The molecule has 6 heteroatoms. The predicted molar refractivity (Wildman–Crippen MR) is 80.7 cm³/mol. The van der Waals surface area contributed by atoms with Crippen LogP contribution in [0.25, 0.3) is 11.1 Å². The molecule has 0 bridgehead atoms. The summed E-state index contributed by atoms with van der Waals surface area (Å²) >= 11 is 3.40. The summed E-state index contributed by atoms with van der Waals surface area (Å²) in [6.07, 6.45) is -3.82. The van der Waals surface area contributed by atoms with Crippen LogP contribution >= 0.6 is 15.9 Å². The zero-order valence-electron chi connectivity index (χ0n) is 11.5. The average molecular weight is 370 g/mol. The van der Waals surface area contributed by atoms with Gasteiger partial charge in [-0.2, -0.15) is 13.2 Å². The van der Waals surface area contributed by atoms with E-state index >= 15 is 0 Å². The Kier molecular flexibility index (Phi) is 3.72. The van der Waals surface area contributed by atoms with Gasteiger partial charge in [-0.15, -0.1) is 0 Å². The fourth-order valence-corrected chi connectivity index (χ4v) is 2.71. The Labute approximate surface area is 133 Å². The molecule has 0 fully saturated rings. The minimum atomic E-state index is -4.31. The monoisotopic (exact) mass is 369 g/mol. The normalized spacial score (nSPS) is 12.0. The number of aryl methyl sites for hydroxylation is 1. The van der Waals surface area contributed by atoms with E-state index in [1.807, 2.05) is 12.1 Å². The van der Waals surface area contributed by atoms with E-state index in [-0.39, 0.29) is 0 Å². The molecule has 1 heterocycles. The number of benzene rings is 2. The maximum absolute atomic E-state index is 12.6. The van der Waals surface area contributed by atoms with E-state index in [9.17, 15) is 13.2 Å². The molecule has 1 aromatic heterocycles. The number of hydrogen-bond donors (Lipinski definition) is 0. The van der Waals surface area contributed by atoms with E-state index in [1.54, 1.807) is 6.92 Å². The summed E-state index contributed by atoms with van der Waals surface area (Å²) in [4.78, 5) is 4.35. The highest BCUT2D eigenvalue weighted by molar-refractivity contribution is 9.10. The fourth-order valence-electron chi connectivity index (χ4n) is 2.31. The Balaban J connectivity index is 1.95. The summed E-state index contributed by atoms with van der Waals surface area (Å²) in [6, 6.07) is 8.92. The molecule has 3 aromatic rings. The Bertz CT molecular complexity index is 822. The zero-order chi connectivity index (χ0) is 15.9. The minimum absolute atomic E-state index is 0.494. The Morgan fingerprint density at radius 1 is 1.09 bits per heavy atom. The molecule has 0 saturated carbocycles. The van der Waals surface area contributed by atoms with Crippen LogP contribution in [0, 0.1) is 6.92 Å². The summed E-state index contributed by atoms with van der Waals surface area (Å²) in [6.45, 7) is 1.76. The first-order valence-corrected chi connectivity index (χ1v) is 7.34. The topological polar surface area (TPSA) is 26.0 Å². The first-order valence-electron chi connectivity index (χ1n) is 6.55. The van der Waals surface area contributed by atoms with Crippen LogP contribution < -0.4 is 0 Å². The second kappa shape index (κ2) is 5.43. The largest absolute Gasteiger partial charge is 0.440 e. The number of fused-ring (bicyclic) bond motifs is 1. The molecule has 3 rings (SSSR count). The highest BCUT2D eigenvalue weighted by atomic mass is 79.9. The molecule has 2 nitrogen and oxygen atoms in total. The van der Waals surface area contributed by atoms with Gasteiger partial charge in [0.25, 0.3) is 0 Å². The van der Waals surface area contributed by atoms with E-state index < -0.39 is 11.7 Å². The SMILES string of the molecule is Cc1nc2c(Cc3ccc(C(F)(F)F)cc3)ccc(Br)c2o1. The highest BCUT2D eigenvalue weighted by Crippen LogP contribution is 2.31. The summed E-state index contributed by atoms with van der Waals surface area (Å²) in [7, 11) is 0. The predicted octanol–water partition coefficient (Wildman–Crippen LogP) is 5.51. The van der Waals surface area contributed by atoms with Crippen LogP contribution in [0.15, 0.2) is 45.3 Å². The van der Waals surface area contributed by atoms with E-state index in [1.165, 1.54) is 12.1 Å². The Hall–Kier alpha value is -1.82. The van der Waals surface area contributed by atoms with Crippen LogP contribution in [0.5, 0.6) is 0 Å². The molecule has 0 aliphatic rings. The van der Waals surface area contributed by atoms with Crippen molar-refractivity contribution < 1.29 is 17.6 Å². The quantitative estimate of drug-likeness (QED) is 0.595. The first-order chi connectivity index (χ1) is 10.3. The maximum Gasteiger partial charge on any atom is 0.416 e. The molecule has 0 unspecified atom stereocenters. The van der Waals surface area contributed by atoms with Gasteiger partial charge >= 0.3 is 6.18 Å².